The highest BCUT2D eigenvalue weighted by Crippen LogP contribution is 2.10. The molecule has 1 saturated heterocycles. The fourth-order valence-electron chi connectivity index (χ4n) is 2.05. The molecule has 1 N–H and O–H groups in total. The summed E-state index contributed by atoms with van der Waals surface area (Å²) in [5.74, 6) is 1.33. The summed E-state index contributed by atoms with van der Waals surface area (Å²) in [6.45, 7) is 4.35. The number of hydrogen-bond donors (Lipinski definition) is 1. The SMILES string of the molecule is CCc1nc(COCCC2CCCCN2)no1. The van der Waals surface area contributed by atoms with Crippen LogP contribution in [0.3, 0.4) is 0 Å². The summed E-state index contributed by atoms with van der Waals surface area (Å²) < 4.78 is 10.6. The van der Waals surface area contributed by atoms with Gasteiger partial charge in [-0.3, -0.25) is 0 Å². The van der Waals surface area contributed by atoms with Gasteiger partial charge in [-0.25, -0.2) is 0 Å². The van der Waals surface area contributed by atoms with Crippen LogP contribution in [0.5, 0.6) is 0 Å². The average Bonchev–Trinajstić information content (AvgIpc) is 2.84. The van der Waals surface area contributed by atoms with E-state index in [1.807, 2.05) is 6.92 Å². The number of rotatable bonds is 6. The first-order valence-electron chi connectivity index (χ1n) is 6.51. The van der Waals surface area contributed by atoms with Crippen molar-refractivity contribution in [2.75, 3.05) is 13.2 Å². The first-order valence-corrected chi connectivity index (χ1v) is 6.51. The Morgan fingerprint density at radius 1 is 1.47 bits per heavy atom. The van der Waals surface area contributed by atoms with Crippen molar-refractivity contribution in [3.8, 4) is 0 Å². The van der Waals surface area contributed by atoms with E-state index in [-0.39, 0.29) is 0 Å². The zero-order valence-corrected chi connectivity index (χ0v) is 10.4. The molecule has 5 heteroatoms. The second-order valence-corrected chi connectivity index (χ2v) is 4.45. The fraction of sp³-hybridized carbons (Fsp3) is 0.833. The predicted octanol–water partition coefficient (Wildman–Crippen LogP) is 1.68. The quantitative estimate of drug-likeness (QED) is 0.765. The van der Waals surface area contributed by atoms with Gasteiger partial charge in [0.25, 0.3) is 0 Å². The molecule has 1 fully saturated rings. The maximum atomic E-state index is 5.56. The Kier molecular flexibility index (Phi) is 4.94. The zero-order valence-electron chi connectivity index (χ0n) is 10.4. The number of aromatic nitrogens is 2. The van der Waals surface area contributed by atoms with Crippen LogP contribution in [0.2, 0.25) is 0 Å². The van der Waals surface area contributed by atoms with Crippen molar-refractivity contribution in [3.63, 3.8) is 0 Å². The maximum absolute atomic E-state index is 5.56. The minimum absolute atomic E-state index is 0.455. The molecule has 1 aromatic rings. The lowest BCUT2D eigenvalue weighted by Gasteiger charge is -2.22. The molecule has 1 atom stereocenters. The van der Waals surface area contributed by atoms with Gasteiger partial charge in [-0.2, -0.15) is 4.98 Å². The Labute approximate surface area is 102 Å². The van der Waals surface area contributed by atoms with Gasteiger partial charge >= 0.3 is 0 Å². The molecule has 0 bridgehead atoms. The molecule has 1 aliphatic rings. The third kappa shape index (κ3) is 4.09. The van der Waals surface area contributed by atoms with Gasteiger partial charge in [-0.05, 0) is 25.8 Å². The molecule has 0 saturated carbocycles. The lowest BCUT2D eigenvalue weighted by atomic mass is 10.0. The molecule has 96 valence electrons. The van der Waals surface area contributed by atoms with Crippen LogP contribution in [-0.2, 0) is 17.8 Å². The molecule has 1 unspecified atom stereocenters. The molecule has 5 nitrogen and oxygen atoms in total. The summed E-state index contributed by atoms with van der Waals surface area (Å²) in [6, 6.07) is 0.625. The largest absolute Gasteiger partial charge is 0.373 e. The van der Waals surface area contributed by atoms with E-state index in [2.05, 4.69) is 15.5 Å². The van der Waals surface area contributed by atoms with Gasteiger partial charge in [0.1, 0.15) is 6.61 Å². The fourth-order valence-corrected chi connectivity index (χ4v) is 2.05. The summed E-state index contributed by atoms with van der Waals surface area (Å²) in [6.07, 6.45) is 5.76. The van der Waals surface area contributed by atoms with E-state index in [9.17, 15) is 0 Å². The van der Waals surface area contributed by atoms with Crippen LogP contribution in [0.4, 0.5) is 0 Å². The minimum atomic E-state index is 0.455. The second kappa shape index (κ2) is 6.71. The summed E-state index contributed by atoms with van der Waals surface area (Å²) in [5, 5.41) is 7.35. The summed E-state index contributed by atoms with van der Waals surface area (Å²) in [4.78, 5) is 4.19. The number of ether oxygens (including phenoxy) is 1. The van der Waals surface area contributed by atoms with E-state index < -0.39 is 0 Å². The average molecular weight is 239 g/mol. The molecule has 2 heterocycles. The van der Waals surface area contributed by atoms with Gasteiger partial charge in [0.05, 0.1) is 0 Å². The Balaban J connectivity index is 1.59. The smallest absolute Gasteiger partial charge is 0.226 e. The third-order valence-electron chi connectivity index (χ3n) is 3.07. The highest BCUT2D eigenvalue weighted by molar-refractivity contribution is 4.83. The Morgan fingerprint density at radius 3 is 3.12 bits per heavy atom. The second-order valence-electron chi connectivity index (χ2n) is 4.45. The number of piperidine rings is 1. The molecule has 17 heavy (non-hydrogen) atoms. The molecule has 1 aromatic heterocycles. The molecule has 0 radical (unpaired) electrons. The van der Waals surface area contributed by atoms with E-state index in [0.29, 0.717) is 24.4 Å². The van der Waals surface area contributed by atoms with Crippen LogP contribution in [0.25, 0.3) is 0 Å². The van der Waals surface area contributed by atoms with Crippen LogP contribution in [0, 0.1) is 0 Å². The molecule has 1 aliphatic heterocycles. The van der Waals surface area contributed by atoms with Crippen molar-refractivity contribution >= 4 is 0 Å². The van der Waals surface area contributed by atoms with E-state index in [1.54, 1.807) is 0 Å². The number of aryl methyl sites for hydroxylation is 1. The Bertz CT molecular complexity index is 321. The minimum Gasteiger partial charge on any atom is -0.373 e. The maximum Gasteiger partial charge on any atom is 0.226 e. The highest BCUT2D eigenvalue weighted by Gasteiger charge is 2.12. The van der Waals surface area contributed by atoms with E-state index in [0.717, 1.165) is 26.0 Å². The molecule has 0 aromatic carbocycles. The molecule has 0 amide bonds. The number of nitrogens with zero attached hydrogens (tertiary/aromatic N) is 2. The molecular weight excluding hydrogens is 218 g/mol. The summed E-state index contributed by atoms with van der Waals surface area (Å²) >= 11 is 0. The first-order chi connectivity index (χ1) is 8.38. The summed E-state index contributed by atoms with van der Waals surface area (Å²) in [5.41, 5.74) is 0. The van der Waals surface area contributed by atoms with Gasteiger partial charge in [-0.1, -0.05) is 18.5 Å². The predicted molar refractivity (Wildman–Crippen MR) is 63.6 cm³/mol. The van der Waals surface area contributed by atoms with E-state index in [1.165, 1.54) is 19.3 Å². The number of hydrogen-bond acceptors (Lipinski definition) is 5. The van der Waals surface area contributed by atoms with Crippen molar-refractivity contribution in [3.05, 3.63) is 11.7 Å². The standard InChI is InChI=1S/C12H21N3O2/c1-2-12-14-11(15-17-12)9-16-8-6-10-5-3-4-7-13-10/h10,13H,2-9H2,1H3. The normalized spacial score (nSPS) is 20.6. The highest BCUT2D eigenvalue weighted by atomic mass is 16.5. The van der Waals surface area contributed by atoms with Gasteiger partial charge in [0.2, 0.25) is 5.89 Å². The first kappa shape index (κ1) is 12.5. The van der Waals surface area contributed by atoms with Crippen molar-refractivity contribution in [1.29, 1.82) is 0 Å². The van der Waals surface area contributed by atoms with Crippen LogP contribution in [-0.4, -0.2) is 29.3 Å². The van der Waals surface area contributed by atoms with Crippen molar-refractivity contribution < 1.29 is 9.26 Å². The molecule has 0 spiro atoms. The van der Waals surface area contributed by atoms with E-state index in [4.69, 9.17) is 9.26 Å². The van der Waals surface area contributed by atoms with Crippen molar-refractivity contribution in [2.45, 2.75) is 51.7 Å². The van der Waals surface area contributed by atoms with Gasteiger partial charge < -0.3 is 14.6 Å². The monoisotopic (exact) mass is 239 g/mol. The van der Waals surface area contributed by atoms with Gasteiger partial charge in [-0.15, -0.1) is 0 Å². The van der Waals surface area contributed by atoms with Gasteiger partial charge in [0, 0.05) is 19.1 Å². The van der Waals surface area contributed by atoms with Gasteiger partial charge in [0.15, 0.2) is 5.82 Å². The van der Waals surface area contributed by atoms with Crippen LogP contribution in [0.1, 0.15) is 44.3 Å². The Hall–Kier alpha value is -0.940. The zero-order chi connectivity index (χ0) is 11.9. The van der Waals surface area contributed by atoms with Crippen molar-refractivity contribution in [1.82, 2.24) is 15.5 Å². The Morgan fingerprint density at radius 2 is 2.41 bits per heavy atom. The third-order valence-corrected chi connectivity index (χ3v) is 3.07. The van der Waals surface area contributed by atoms with Crippen LogP contribution >= 0.6 is 0 Å². The topological polar surface area (TPSA) is 60.2 Å². The molecule has 0 aliphatic carbocycles. The summed E-state index contributed by atoms with van der Waals surface area (Å²) in [7, 11) is 0. The lowest BCUT2D eigenvalue weighted by Crippen LogP contribution is -2.34. The van der Waals surface area contributed by atoms with Crippen molar-refractivity contribution in [2.24, 2.45) is 0 Å². The number of nitrogens with one attached hydrogen (secondary N) is 1. The van der Waals surface area contributed by atoms with E-state index >= 15 is 0 Å². The molecule has 2 rings (SSSR count). The van der Waals surface area contributed by atoms with Crippen LogP contribution < -0.4 is 5.32 Å². The molecular formula is C12H21N3O2. The lowest BCUT2D eigenvalue weighted by molar-refractivity contribution is 0.102. The van der Waals surface area contributed by atoms with Crippen LogP contribution in [0.15, 0.2) is 4.52 Å².